The van der Waals surface area contributed by atoms with Crippen LogP contribution in [0.4, 0.5) is 11.4 Å². The van der Waals surface area contributed by atoms with Gasteiger partial charge in [-0.2, -0.15) is 0 Å². The number of carbonyl (C=O) groups is 2. The van der Waals surface area contributed by atoms with E-state index in [1.165, 1.54) is 19.2 Å². The molecule has 0 aliphatic heterocycles. The van der Waals surface area contributed by atoms with Gasteiger partial charge >= 0.3 is 5.97 Å². The van der Waals surface area contributed by atoms with E-state index in [-0.39, 0.29) is 12.1 Å². The fraction of sp³-hybridized carbons (Fsp3) is 0.200. The minimum absolute atomic E-state index is 0.0553. The number of hydrogen-bond donors (Lipinski definition) is 3. The van der Waals surface area contributed by atoms with E-state index in [0.717, 1.165) is 0 Å². The molecular weight excluding hydrogens is 210 g/mol. The number of primary amides is 1. The van der Waals surface area contributed by atoms with E-state index in [1.54, 1.807) is 6.07 Å². The number of nitrogen functional groups attached to an aromatic ring is 1. The minimum atomic E-state index is -0.590. The number of methoxy groups -OCH3 is 1. The molecule has 0 aliphatic carbocycles. The normalized spacial score (nSPS) is 9.56. The van der Waals surface area contributed by atoms with Gasteiger partial charge in [0, 0.05) is 11.4 Å². The number of benzene rings is 1. The van der Waals surface area contributed by atoms with Crippen LogP contribution in [0.5, 0.6) is 0 Å². The third-order valence-corrected chi connectivity index (χ3v) is 1.96. The Morgan fingerprint density at radius 2 is 2.12 bits per heavy atom. The molecule has 1 rings (SSSR count). The third-order valence-electron chi connectivity index (χ3n) is 1.96. The van der Waals surface area contributed by atoms with E-state index in [9.17, 15) is 9.59 Å². The van der Waals surface area contributed by atoms with Crippen LogP contribution in [0.15, 0.2) is 18.2 Å². The number of nitrogens with two attached hydrogens (primary N) is 2. The molecule has 6 nitrogen and oxygen atoms in total. The first-order valence-electron chi connectivity index (χ1n) is 4.54. The van der Waals surface area contributed by atoms with Crippen LogP contribution in [0.3, 0.4) is 0 Å². The summed E-state index contributed by atoms with van der Waals surface area (Å²) in [6, 6.07) is 4.59. The fourth-order valence-electron chi connectivity index (χ4n) is 1.16. The minimum Gasteiger partial charge on any atom is -0.468 e. The van der Waals surface area contributed by atoms with Gasteiger partial charge in [0.05, 0.1) is 12.7 Å². The smallest absolute Gasteiger partial charge is 0.325 e. The number of hydrogen-bond acceptors (Lipinski definition) is 5. The Hall–Kier alpha value is -2.24. The van der Waals surface area contributed by atoms with Crippen LogP contribution in [-0.2, 0) is 9.53 Å². The summed E-state index contributed by atoms with van der Waals surface area (Å²) >= 11 is 0. The molecule has 0 bridgehead atoms. The molecule has 5 N–H and O–H groups in total. The summed E-state index contributed by atoms with van der Waals surface area (Å²) in [6.45, 7) is -0.0553. The number of nitrogens with one attached hydrogen (secondary N) is 1. The molecule has 16 heavy (non-hydrogen) atoms. The first kappa shape index (κ1) is 11.8. The standard InChI is InChI=1S/C10H13N3O3/c1-16-9(14)5-13-8-4-6(11)2-3-7(8)10(12)15/h2-4,13H,5,11H2,1H3,(H2,12,15). The van der Waals surface area contributed by atoms with E-state index < -0.39 is 11.9 Å². The second-order valence-electron chi connectivity index (χ2n) is 3.10. The largest absolute Gasteiger partial charge is 0.468 e. The molecule has 6 heteroatoms. The van der Waals surface area contributed by atoms with Crippen molar-refractivity contribution in [3.05, 3.63) is 23.8 Å². The third kappa shape index (κ3) is 2.88. The van der Waals surface area contributed by atoms with E-state index in [4.69, 9.17) is 11.5 Å². The van der Waals surface area contributed by atoms with Gasteiger partial charge in [0.15, 0.2) is 0 Å². The zero-order chi connectivity index (χ0) is 12.1. The first-order chi connectivity index (χ1) is 7.54. The van der Waals surface area contributed by atoms with Gasteiger partial charge in [-0.15, -0.1) is 0 Å². The predicted molar refractivity (Wildman–Crippen MR) is 59.9 cm³/mol. The van der Waals surface area contributed by atoms with Crippen LogP contribution >= 0.6 is 0 Å². The Bertz CT molecular complexity index is 418. The number of rotatable bonds is 4. The molecular formula is C10H13N3O3. The SMILES string of the molecule is COC(=O)CNc1cc(N)ccc1C(N)=O. The average molecular weight is 223 g/mol. The van der Waals surface area contributed by atoms with Crippen molar-refractivity contribution < 1.29 is 14.3 Å². The summed E-state index contributed by atoms with van der Waals surface area (Å²) in [5.74, 6) is -1.04. The van der Waals surface area contributed by atoms with Gasteiger partial charge < -0.3 is 21.5 Å². The lowest BCUT2D eigenvalue weighted by Crippen LogP contribution is -2.19. The van der Waals surface area contributed by atoms with E-state index in [2.05, 4.69) is 10.1 Å². The van der Waals surface area contributed by atoms with Gasteiger partial charge in [-0.3, -0.25) is 9.59 Å². The molecule has 0 aliphatic rings. The molecule has 0 radical (unpaired) electrons. The molecule has 0 saturated carbocycles. The summed E-state index contributed by atoms with van der Waals surface area (Å²) < 4.78 is 4.45. The number of ether oxygens (including phenoxy) is 1. The lowest BCUT2D eigenvalue weighted by molar-refractivity contribution is -0.138. The van der Waals surface area contributed by atoms with Crippen LogP contribution in [0.25, 0.3) is 0 Å². The Morgan fingerprint density at radius 1 is 1.44 bits per heavy atom. The molecule has 0 saturated heterocycles. The van der Waals surface area contributed by atoms with Crippen molar-refractivity contribution in [2.75, 3.05) is 24.7 Å². The van der Waals surface area contributed by atoms with Crippen molar-refractivity contribution in [3.8, 4) is 0 Å². The maximum atomic E-state index is 11.1. The molecule has 0 aromatic heterocycles. The fourth-order valence-corrected chi connectivity index (χ4v) is 1.16. The van der Waals surface area contributed by atoms with Gasteiger partial charge in [0.2, 0.25) is 0 Å². The molecule has 1 aromatic carbocycles. The summed E-state index contributed by atoms with van der Waals surface area (Å²) in [5, 5.41) is 2.73. The maximum Gasteiger partial charge on any atom is 0.325 e. The van der Waals surface area contributed by atoms with Crippen LogP contribution in [0.2, 0.25) is 0 Å². The number of amides is 1. The topological polar surface area (TPSA) is 107 Å². The Labute approximate surface area is 92.6 Å². The van der Waals surface area contributed by atoms with Crippen LogP contribution in [0.1, 0.15) is 10.4 Å². The lowest BCUT2D eigenvalue weighted by Gasteiger charge is -2.09. The van der Waals surface area contributed by atoms with Crippen molar-refractivity contribution in [2.24, 2.45) is 5.73 Å². The Balaban J connectivity index is 2.88. The highest BCUT2D eigenvalue weighted by Crippen LogP contribution is 2.18. The highest BCUT2D eigenvalue weighted by molar-refractivity contribution is 5.99. The molecule has 0 fully saturated rings. The van der Waals surface area contributed by atoms with Crippen molar-refractivity contribution in [3.63, 3.8) is 0 Å². The average Bonchev–Trinajstić information content (AvgIpc) is 2.25. The summed E-state index contributed by atoms with van der Waals surface area (Å²) in [5.41, 5.74) is 11.9. The zero-order valence-corrected chi connectivity index (χ0v) is 8.82. The molecule has 1 aromatic rings. The molecule has 0 heterocycles. The van der Waals surface area contributed by atoms with Crippen molar-refractivity contribution in [2.45, 2.75) is 0 Å². The highest BCUT2D eigenvalue weighted by Gasteiger charge is 2.09. The summed E-state index contributed by atoms with van der Waals surface area (Å²) in [6.07, 6.45) is 0. The van der Waals surface area contributed by atoms with Gasteiger partial charge in [-0.25, -0.2) is 0 Å². The Morgan fingerprint density at radius 3 is 2.69 bits per heavy atom. The lowest BCUT2D eigenvalue weighted by atomic mass is 10.1. The zero-order valence-electron chi connectivity index (χ0n) is 8.82. The number of esters is 1. The second-order valence-corrected chi connectivity index (χ2v) is 3.10. The van der Waals surface area contributed by atoms with Crippen LogP contribution < -0.4 is 16.8 Å². The quantitative estimate of drug-likeness (QED) is 0.490. The first-order valence-corrected chi connectivity index (χ1v) is 4.54. The van der Waals surface area contributed by atoms with Gasteiger partial charge in [0.25, 0.3) is 5.91 Å². The van der Waals surface area contributed by atoms with E-state index >= 15 is 0 Å². The summed E-state index contributed by atoms with van der Waals surface area (Å²) in [7, 11) is 1.28. The molecule has 0 unspecified atom stereocenters. The van der Waals surface area contributed by atoms with E-state index in [0.29, 0.717) is 11.4 Å². The monoisotopic (exact) mass is 223 g/mol. The van der Waals surface area contributed by atoms with Crippen molar-refractivity contribution >= 4 is 23.3 Å². The maximum absolute atomic E-state index is 11.1. The molecule has 1 amide bonds. The van der Waals surface area contributed by atoms with Gasteiger partial charge in [-0.1, -0.05) is 0 Å². The molecule has 0 spiro atoms. The number of anilines is 2. The molecule has 0 atom stereocenters. The van der Waals surface area contributed by atoms with Crippen LogP contribution in [0, 0.1) is 0 Å². The predicted octanol–water partition coefficient (Wildman–Crippen LogP) is -0.0474. The summed E-state index contributed by atoms with van der Waals surface area (Å²) in [4.78, 5) is 22.0. The van der Waals surface area contributed by atoms with E-state index in [1.807, 2.05) is 0 Å². The van der Waals surface area contributed by atoms with Gasteiger partial charge in [-0.05, 0) is 18.2 Å². The Kier molecular flexibility index (Phi) is 3.71. The molecule has 86 valence electrons. The van der Waals surface area contributed by atoms with Gasteiger partial charge in [0.1, 0.15) is 6.54 Å². The second kappa shape index (κ2) is 5.01. The van der Waals surface area contributed by atoms with Crippen LogP contribution in [-0.4, -0.2) is 25.5 Å². The van der Waals surface area contributed by atoms with Crippen molar-refractivity contribution in [1.82, 2.24) is 0 Å². The highest BCUT2D eigenvalue weighted by atomic mass is 16.5. The number of carbonyl (C=O) groups excluding carboxylic acids is 2. The van der Waals surface area contributed by atoms with Crippen molar-refractivity contribution in [1.29, 1.82) is 0 Å².